The van der Waals surface area contributed by atoms with E-state index in [2.05, 4.69) is 30.6 Å². The van der Waals surface area contributed by atoms with Gasteiger partial charge in [-0.3, -0.25) is 14.6 Å². The summed E-state index contributed by atoms with van der Waals surface area (Å²) in [6.45, 7) is 14.0. The molecule has 0 aromatic heterocycles. The Kier molecular flexibility index (Phi) is 5.67. The molecule has 4 heteroatoms. The van der Waals surface area contributed by atoms with Crippen LogP contribution in [0, 0.1) is 5.92 Å². The molecule has 1 saturated carbocycles. The van der Waals surface area contributed by atoms with Crippen molar-refractivity contribution in [3.05, 3.63) is 0 Å². The molecule has 0 N–H and O–H groups in total. The second-order valence-corrected chi connectivity index (χ2v) is 7.45. The third kappa shape index (κ3) is 4.43. The van der Waals surface area contributed by atoms with Crippen LogP contribution in [0.1, 0.15) is 53.4 Å². The number of rotatable bonds is 3. The van der Waals surface area contributed by atoms with Gasteiger partial charge in [0.25, 0.3) is 0 Å². The van der Waals surface area contributed by atoms with Gasteiger partial charge in [0.15, 0.2) is 0 Å². The molecule has 0 unspecified atom stereocenters. The predicted molar refractivity (Wildman–Crippen MR) is 85.3 cm³/mol. The SMILES string of the molecule is CCOC(=O)C1CCC(N2CCN(C(C)(C)C)CC2)CC1. The minimum absolute atomic E-state index is 0.0218. The Hall–Kier alpha value is -0.610. The van der Waals surface area contributed by atoms with Crippen molar-refractivity contribution in [1.82, 2.24) is 9.80 Å². The Balaban J connectivity index is 1.75. The first-order valence-corrected chi connectivity index (χ1v) is 8.57. The third-order valence-corrected chi connectivity index (χ3v) is 5.10. The number of ether oxygens (including phenoxy) is 1. The van der Waals surface area contributed by atoms with E-state index in [-0.39, 0.29) is 17.4 Å². The molecular weight excluding hydrogens is 264 g/mol. The smallest absolute Gasteiger partial charge is 0.308 e. The van der Waals surface area contributed by atoms with Crippen molar-refractivity contribution in [2.75, 3.05) is 32.8 Å². The number of nitrogens with zero attached hydrogens (tertiary/aromatic N) is 2. The lowest BCUT2D eigenvalue weighted by Gasteiger charge is -2.45. The Bertz CT molecular complexity index is 335. The lowest BCUT2D eigenvalue weighted by Crippen LogP contribution is -2.56. The Morgan fingerprint density at radius 3 is 2.10 bits per heavy atom. The summed E-state index contributed by atoms with van der Waals surface area (Å²) >= 11 is 0. The van der Waals surface area contributed by atoms with E-state index in [4.69, 9.17) is 4.74 Å². The summed E-state index contributed by atoms with van der Waals surface area (Å²) < 4.78 is 5.15. The quantitative estimate of drug-likeness (QED) is 0.749. The van der Waals surface area contributed by atoms with Crippen LogP contribution in [-0.4, -0.2) is 60.1 Å². The van der Waals surface area contributed by atoms with E-state index in [9.17, 15) is 4.79 Å². The minimum Gasteiger partial charge on any atom is -0.466 e. The lowest BCUT2D eigenvalue weighted by molar-refractivity contribution is -0.149. The number of carbonyl (C=O) groups excluding carboxylic acids is 1. The number of hydrogen-bond donors (Lipinski definition) is 0. The molecule has 1 aliphatic heterocycles. The van der Waals surface area contributed by atoms with Gasteiger partial charge in [0, 0.05) is 37.8 Å². The summed E-state index contributed by atoms with van der Waals surface area (Å²) in [4.78, 5) is 17.0. The maximum atomic E-state index is 11.8. The first-order valence-electron chi connectivity index (χ1n) is 8.57. The molecule has 4 nitrogen and oxygen atoms in total. The lowest BCUT2D eigenvalue weighted by atomic mass is 9.85. The van der Waals surface area contributed by atoms with Crippen molar-refractivity contribution in [2.24, 2.45) is 5.92 Å². The fourth-order valence-corrected chi connectivity index (χ4v) is 3.69. The van der Waals surface area contributed by atoms with E-state index >= 15 is 0 Å². The van der Waals surface area contributed by atoms with Gasteiger partial charge >= 0.3 is 5.97 Å². The van der Waals surface area contributed by atoms with Crippen LogP contribution < -0.4 is 0 Å². The van der Waals surface area contributed by atoms with E-state index in [1.54, 1.807) is 0 Å². The average molecular weight is 296 g/mol. The molecule has 21 heavy (non-hydrogen) atoms. The summed E-state index contributed by atoms with van der Waals surface area (Å²) in [7, 11) is 0. The molecule has 2 aliphatic rings. The first kappa shape index (κ1) is 16.8. The van der Waals surface area contributed by atoms with Gasteiger partial charge in [-0.25, -0.2) is 0 Å². The third-order valence-electron chi connectivity index (χ3n) is 5.10. The van der Waals surface area contributed by atoms with Crippen molar-refractivity contribution < 1.29 is 9.53 Å². The highest BCUT2D eigenvalue weighted by molar-refractivity contribution is 5.72. The fraction of sp³-hybridized carbons (Fsp3) is 0.941. The molecule has 122 valence electrons. The Morgan fingerprint density at radius 2 is 1.62 bits per heavy atom. The van der Waals surface area contributed by atoms with E-state index < -0.39 is 0 Å². The van der Waals surface area contributed by atoms with Crippen LogP contribution in [0.15, 0.2) is 0 Å². The van der Waals surface area contributed by atoms with Crippen LogP contribution in [-0.2, 0) is 9.53 Å². The van der Waals surface area contributed by atoms with Crippen LogP contribution in [0.4, 0.5) is 0 Å². The maximum absolute atomic E-state index is 11.8. The zero-order chi connectivity index (χ0) is 15.5. The number of hydrogen-bond acceptors (Lipinski definition) is 4. The number of carbonyl (C=O) groups is 1. The highest BCUT2D eigenvalue weighted by atomic mass is 16.5. The summed E-state index contributed by atoms with van der Waals surface area (Å²) in [5, 5.41) is 0. The molecule has 2 fully saturated rings. The largest absolute Gasteiger partial charge is 0.466 e. The molecule has 0 amide bonds. The maximum Gasteiger partial charge on any atom is 0.308 e. The molecule has 0 bridgehead atoms. The van der Waals surface area contributed by atoms with Crippen LogP contribution >= 0.6 is 0 Å². The molecule has 0 atom stereocenters. The Morgan fingerprint density at radius 1 is 1.05 bits per heavy atom. The highest BCUT2D eigenvalue weighted by Crippen LogP contribution is 2.29. The van der Waals surface area contributed by atoms with Gasteiger partial charge < -0.3 is 4.74 Å². The first-order chi connectivity index (χ1) is 9.91. The van der Waals surface area contributed by atoms with Crippen molar-refractivity contribution >= 4 is 5.97 Å². The van der Waals surface area contributed by atoms with Crippen LogP contribution in [0.3, 0.4) is 0 Å². The number of piperazine rings is 1. The molecule has 0 aromatic rings. The minimum atomic E-state index is 0.0218. The van der Waals surface area contributed by atoms with Gasteiger partial charge in [-0.2, -0.15) is 0 Å². The van der Waals surface area contributed by atoms with E-state index in [0.29, 0.717) is 12.6 Å². The van der Waals surface area contributed by atoms with E-state index in [1.807, 2.05) is 6.92 Å². The summed E-state index contributed by atoms with van der Waals surface area (Å²) in [5.74, 6) is 0.172. The summed E-state index contributed by atoms with van der Waals surface area (Å²) in [6, 6.07) is 0.679. The molecule has 0 spiro atoms. The van der Waals surface area contributed by atoms with Crippen molar-refractivity contribution in [3.8, 4) is 0 Å². The van der Waals surface area contributed by atoms with Crippen LogP contribution in [0.5, 0.6) is 0 Å². The standard InChI is InChI=1S/C17H32N2O2/c1-5-21-16(20)14-6-8-15(9-7-14)18-10-12-19(13-11-18)17(2,3)4/h14-15H,5-13H2,1-4H3. The summed E-state index contributed by atoms with van der Waals surface area (Å²) in [5.41, 5.74) is 0.285. The molecule has 0 aromatic carbocycles. The van der Waals surface area contributed by atoms with Crippen LogP contribution in [0.25, 0.3) is 0 Å². The zero-order valence-corrected chi connectivity index (χ0v) is 14.2. The molecule has 1 heterocycles. The number of esters is 1. The normalized spacial score (nSPS) is 29.3. The van der Waals surface area contributed by atoms with Gasteiger partial charge in [0.05, 0.1) is 12.5 Å². The average Bonchev–Trinajstić information content (AvgIpc) is 2.47. The van der Waals surface area contributed by atoms with Crippen LogP contribution in [0.2, 0.25) is 0 Å². The topological polar surface area (TPSA) is 32.8 Å². The monoisotopic (exact) mass is 296 g/mol. The molecule has 2 rings (SSSR count). The van der Waals surface area contributed by atoms with Crippen molar-refractivity contribution in [1.29, 1.82) is 0 Å². The molecular formula is C17H32N2O2. The second kappa shape index (κ2) is 7.10. The van der Waals surface area contributed by atoms with Gasteiger partial charge in [-0.05, 0) is 53.4 Å². The highest BCUT2D eigenvalue weighted by Gasteiger charge is 2.33. The fourth-order valence-electron chi connectivity index (χ4n) is 3.69. The second-order valence-electron chi connectivity index (χ2n) is 7.45. The van der Waals surface area contributed by atoms with Gasteiger partial charge in [-0.15, -0.1) is 0 Å². The van der Waals surface area contributed by atoms with Gasteiger partial charge in [-0.1, -0.05) is 0 Å². The summed E-state index contributed by atoms with van der Waals surface area (Å²) in [6.07, 6.45) is 4.31. The van der Waals surface area contributed by atoms with E-state index in [1.165, 1.54) is 26.2 Å². The molecule has 0 radical (unpaired) electrons. The Labute approximate surface area is 129 Å². The van der Waals surface area contributed by atoms with Gasteiger partial charge in [0.2, 0.25) is 0 Å². The van der Waals surface area contributed by atoms with Crippen molar-refractivity contribution in [2.45, 2.75) is 65.0 Å². The predicted octanol–water partition coefficient (Wildman–Crippen LogP) is 2.52. The van der Waals surface area contributed by atoms with Crippen molar-refractivity contribution in [3.63, 3.8) is 0 Å². The van der Waals surface area contributed by atoms with Gasteiger partial charge in [0.1, 0.15) is 0 Å². The van der Waals surface area contributed by atoms with E-state index in [0.717, 1.165) is 25.7 Å². The molecule has 1 saturated heterocycles. The zero-order valence-electron chi connectivity index (χ0n) is 14.2. The molecule has 1 aliphatic carbocycles.